The van der Waals surface area contributed by atoms with E-state index in [0.29, 0.717) is 11.4 Å². The highest BCUT2D eigenvalue weighted by Crippen LogP contribution is 2.26. The van der Waals surface area contributed by atoms with Crippen LogP contribution >= 0.6 is 0 Å². The van der Waals surface area contributed by atoms with Crippen LogP contribution in [-0.2, 0) is 0 Å². The number of nitrogens with zero attached hydrogens (tertiary/aromatic N) is 1. The van der Waals surface area contributed by atoms with Crippen molar-refractivity contribution in [2.24, 2.45) is 11.8 Å². The highest BCUT2D eigenvalue weighted by atomic mass is 16.2. The Kier molecular flexibility index (Phi) is 35.9. The molecule has 0 spiro atoms. The van der Waals surface area contributed by atoms with Gasteiger partial charge in [-0.05, 0) is 50.7 Å². The fourth-order valence-electron chi connectivity index (χ4n) is 8.88. The zero-order chi connectivity index (χ0) is 40.0. The van der Waals surface area contributed by atoms with Crippen molar-refractivity contribution in [3.63, 3.8) is 0 Å². The fraction of sp³-hybridized carbons (Fsp3) is 0.920. The molecule has 0 aliphatic rings. The van der Waals surface area contributed by atoms with E-state index in [4.69, 9.17) is 0 Å². The highest BCUT2D eigenvalue weighted by molar-refractivity contribution is 5.73. The molecule has 0 aliphatic carbocycles. The minimum Gasteiger partial charge on any atom is -0.383 e. The van der Waals surface area contributed by atoms with Gasteiger partial charge in [-0.3, -0.25) is 9.59 Å². The first kappa shape index (κ1) is 51.7. The molecule has 0 aromatic heterocycles. The van der Waals surface area contributed by atoms with E-state index in [9.17, 15) is 9.59 Å². The Morgan fingerprint density at radius 1 is 0.382 bits per heavy atom. The molecule has 5 heteroatoms. The van der Waals surface area contributed by atoms with E-state index >= 15 is 0 Å². The molecule has 55 heavy (non-hydrogen) atoms. The van der Waals surface area contributed by atoms with Crippen LogP contribution in [0.15, 0.2) is 9.59 Å². The van der Waals surface area contributed by atoms with Crippen molar-refractivity contribution < 1.29 is 0 Å². The van der Waals surface area contributed by atoms with Crippen molar-refractivity contribution >= 4 is 11.4 Å². The summed E-state index contributed by atoms with van der Waals surface area (Å²) in [4.78, 5) is 26.5. The average molecular weight is 772 g/mol. The second-order valence-corrected chi connectivity index (χ2v) is 17.7. The van der Waals surface area contributed by atoms with Crippen LogP contribution in [0.5, 0.6) is 0 Å². The van der Waals surface area contributed by atoms with Gasteiger partial charge in [0.2, 0.25) is 0 Å². The van der Waals surface area contributed by atoms with Crippen LogP contribution in [0, 0.1) is 11.8 Å². The zero-order valence-corrected chi connectivity index (χ0v) is 38.0. The summed E-state index contributed by atoms with van der Waals surface area (Å²) in [7, 11) is 1.72. The summed E-state index contributed by atoms with van der Waals surface area (Å²) >= 11 is 0. The molecule has 0 saturated carbocycles. The Morgan fingerprint density at radius 3 is 1.07 bits per heavy atom. The topological polar surface area (TPSA) is 61.4 Å². The maximum absolute atomic E-state index is 12.0. The molecule has 0 atom stereocenters. The van der Waals surface area contributed by atoms with E-state index in [1.165, 1.54) is 231 Å². The standard InChI is InChI=1S/C50H97N3O2/c1-6-10-14-16-22-28-38-46(39-29-23-17-15-11-7-2)40-31-25-21-27-33-43-53(44-34-41-52-48-47(51-5)49(54)50(48)55)42-32-26-20-18-19-24-30-37-45(35-12-8-3)36-13-9-4/h45-46,51-52H,6-44H2,1-5H3. The molecule has 2 N–H and O–H groups in total. The lowest BCUT2D eigenvalue weighted by molar-refractivity contribution is 0.259. The summed E-state index contributed by atoms with van der Waals surface area (Å²) in [5.41, 5.74) is 0.175. The number of hydrogen-bond acceptors (Lipinski definition) is 5. The van der Waals surface area contributed by atoms with Crippen LogP contribution in [0.3, 0.4) is 0 Å². The third kappa shape index (κ3) is 27.8. The Morgan fingerprint density at radius 2 is 0.691 bits per heavy atom. The van der Waals surface area contributed by atoms with Gasteiger partial charge in [-0.25, -0.2) is 0 Å². The molecule has 1 aromatic carbocycles. The number of rotatable bonds is 44. The van der Waals surface area contributed by atoms with Crippen molar-refractivity contribution in [2.75, 3.05) is 43.9 Å². The molecule has 0 fully saturated rings. The van der Waals surface area contributed by atoms with E-state index in [2.05, 4.69) is 43.2 Å². The molecule has 0 heterocycles. The molecule has 324 valence electrons. The first-order chi connectivity index (χ1) is 27.0. The third-order valence-electron chi connectivity index (χ3n) is 12.7. The van der Waals surface area contributed by atoms with Crippen LogP contribution < -0.4 is 21.5 Å². The van der Waals surface area contributed by atoms with Gasteiger partial charge < -0.3 is 15.5 Å². The second-order valence-electron chi connectivity index (χ2n) is 17.7. The van der Waals surface area contributed by atoms with E-state index in [0.717, 1.165) is 31.3 Å². The van der Waals surface area contributed by atoms with Crippen LogP contribution in [0.2, 0.25) is 0 Å². The van der Waals surface area contributed by atoms with E-state index in [1.807, 2.05) is 0 Å². The van der Waals surface area contributed by atoms with E-state index < -0.39 is 0 Å². The summed E-state index contributed by atoms with van der Waals surface area (Å²) in [5.74, 6) is 1.94. The van der Waals surface area contributed by atoms with Crippen molar-refractivity contribution in [2.45, 2.75) is 252 Å². The number of nitrogens with one attached hydrogen (secondary N) is 2. The minimum atomic E-state index is -0.388. The van der Waals surface area contributed by atoms with Crippen molar-refractivity contribution in [3.8, 4) is 0 Å². The molecule has 1 rings (SSSR count). The summed E-state index contributed by atoms with van der Waals surface area (Å²) in [5, 5.41) is 6.13. The molecule has 0 bridgehead atoms. The Labute approximate surface area is 343 Å². The Bertz CT molecular complexity index is 993. The molecule has 1 aromatic rings. The highest BCUT2D eigenvalue weighted by Gasteiger charge is 2.19. The quantitative estimate of drug-likeness (QED) is 0.0511. The van der Waals surface area contributed by atoms with Gasteiger partial charge in [0, 0.05) is 13.6 Å². The number of unbranched alkanes of at least 4 members (excludes halogenated alkanes) is 22. The van der Waals surface area contributed by atoms with Crippen molar-refractivity contribution in [1.29, 1.82) is 0 Å². The summed E-state index contributed by atoms with van der Waals surface area (Å²) in [6, 6.07) is 0. The van der Waals surface area contributed by atoms with Crippen LogP contribution in [0.4, 0.5) is 11.4 Å². The maximum atomic E-state index is 12.0. The van der Waals surface area contributed by atoms with Crippen molar-refractivity contribution in [1.82, 2.24) is 4.90 Å². The molecule has 0 unspecified atom stereocenters. The van der Waals surface area contributed by atoms with Gasteiger partial charge in [0.1, 0.15) is 11.4 Å². The molecule has 0 amide bonds. The number of anilines is 2. The molecule has 0 saturated heterocycles. The van der Waals surface area contributed by atoms with Crippen LogP contribution in [-0.4, -0.2) is 38.1 Å². The Balaban J connectivity index is 2.40. The third-order valence-corrected chi connectivity index (χ3v) is 12.7. The fourth-order valence-corrected chi connectivity index (χ4v) is 8.88. The van der Waals surface area contributed by atoms with Gasteiger partial charge in [0.25, 0.3) is 10.9 Å². The van der Waals surface area contributed by atoms with Gasteiger partial charge >= 0.3 is 0 Å². The monoisotopic (exact) mass is 772 g/mol. The molecule has 0 aliphatic heterocycles. The first-order valence-corrected chi connectivity index (χ1v) is 25.0. The predicted molar refractivity (Wildman–Crippen MR) is 247 cm³/mol. The van der Waals surface area contributed by atoms with E-state index in [-0.39, 0.29) is 10.9 Å². The summed E-state index contributed by atoms with van der Waals surface area (Å²) in [6.07, 6.45) is 48.9. The maximum Gasteiger partial charge on any atom is 0.253 e. The van der Waals surface area contributed by atoms with Gasteiger partial charge in [0.15, 0.2) is 0 Å². The predicted octanol–water partition coefficient (Wildman–Crippen LogP) is 15.0. The second kappa shape index (κ2) is 38.2. The largest absolute Gasteiger partial charge is 0.383 e. The zero-order valence-electron chi connectivity index (χ0n) is 38.0. The molecule has 0 radical (unpaired) electrons. The lowest BCUT2D eigenvalue weighted by Crippen LogP contribution is -2.37. The van der Waals surface area contributed by atoms with Crippen LogP contribution in [0.25, 0.3) is 0 Å². The molecular formula is C50H97N3O2. The van der Waals surface area contributed by atoms with Crippen LogP contribution in [0.1, 0.15) is 252 Å². The van der Waals surface area contributed by atoms with Gasteiger partial charge in [-0.2, -0.15) is 0 Å². The minimum absolute atomic E-state index is 0.370. The van der Waals surface area contributed by atoms with Gasteiger partial charge in [0.05, 0.1) is 0 Å². The smallest absolute Gasteiger partial charge is 0.253 e. The van der Waals surface area contributed by atoms with E-state index in [1.54, 1.807) is 7.05 Å². The van der Waals surface area contributed by atoms with Gasteiger partial charge in [-0.15, -0.1) is 0 Å². The van der Waals surface area contributed by atoms with Gasteiger partial charge in [-0.1, -0.05) is 233 Å². The summed E-state index contributed by atoms with van der Waals surface area (Å²) in [6.45, 7) is 13.5. The molecule has 5 nitrogen and oxygen atoms in total. The average Bonchev–Trinajstić information content (AvgIpc) is 3.20. The lowest BCUT2D eigenvalue weighted by Gasteiger charge is -2.23. The first-order valence-electron chi connectivity index (χ1n) is 25.0. The number of hydrogen-bond donors (Lipinski definition) is 2. The van der Waals surface area contributed by atoms with Crippen molar-refractivity contribution in [3.05, 3.63) is 20.4 Å². The Hall–Kier alpha value is -1.36. The molecular weight excluding hydrogens is 675 g/mol. The summed E-state index contributed by atoms with van der Waals surface area (Å²) < 4.78 is 0. The lowest BCUT2D eigenvalue weighted by atomic mass is 9.89. The SMILES string of the molecule is CCCCCCCCC(CCCCCCCC)CCCCCCCN(CCCCCCCCCC(CCCC)CCCC)CCCNc1c(NC)c(=O)c1=O. The normalized spacial score (nSPS) is 11.9.